The van der Waals surface area contributed by atoms with Crippen LogP contribution in [0.1, 0.15) is 0 Å². The molecule has 0 unspecified atom stereocenters. The first-order chi connectivity index (χ1) is 18.9. The Morgan fingerprint density at radius 3 is 2.31 bits per heavy atom. The summed E-state index contributed by atoms with van der Waals surface area (Å²) in [5.74, 6) is 1.16. The molecule has 0 aliphatic rings. The van der Waals surface area contributed by atoms with Crippen molar-refractivity contribution in [3.05, 3.63) is 106 Å². The molecule has 7 nitrogen and oxygen atoms in total. The van der Waals surface area contributed by atoms with Gasteiger partial charge in [-0.25, -0.2) is 9.37 Å². The summed E-state index contributed by atoms with van der Waals surface area (Å²) in [5.41, 5.74) is 10.7. The average Bonchev–Trinajstić information content (AvgIpc) is 2.95. The van der Waals surface area contributed by atoms with Crippen LogP contribution in [0.2, 0.25) is 0 Å². The Morgan fingerprint density at radius 1 is 0.846 bits per heavy atom. The molecule has 5 rings (SSSR count). The number of ether oxygens (including phenoxy) is 2. The van der Waals surface area contributed by atoms with E-state index in [1.54, 1.807) is 38.7 Å². The molecule has 3 aromatic carbocycles. The van der Waals surface area contributed by atoms with Crippen molar-refractivity contribution in [2.45, 2.75) is 0 Å². The summed E-state index contributed by atoms with van der Waals surface area (Å²) in [6.45, 7) is 0. The topological polar surface area (TPSA) is 102 Å². The lowest BCUT2D eigenvalue weighted by molar-refractivity contribution is 0.355. The standard InChI is InChI=1S/C30H24BrFN4O3/c1-38-27-10-5-18(12-28(27)39-2)19-11-23(30(33)35-14-19)17-3-7-21(8-4-17)36-26-16-34-15-24(29(26)37)22-9-6-20(31)13-25(22)32/h3-16,36H,1-2H3,(H2,33,35)(H,34,37). The van der Waals surface area contributed by atoms with Crippen molar-refractivity contribution in [3.63, 3.8) is 0 Å². The van der Waals surface area contributed by atoms with Gasteiger partial charge in [-0.2, -0.15) is 0 Å². The van der Waals surface area contributed by atoms with Gasteiger partial charge in [-0.05, 0) is 53.6 Å². The molecule has 0 aliphatic heterocycles. The molecule has 2 aromatic heterocycles. The van der Waals surface area contributed by atoms with Crippen LogP contribution in [0.25, 0.3) is 33.4 Å². The molecule has 2 heterocycles. The molecule has 0 aliphatic carbocycles. The van der Waals surface area contributed by atoms with E-state index >= 15 is 0 Å². The third kappa shape index (κ3) is 5.35. The van der Waals surface area contributed by atoms with Gasteiger partial charge in [0.2, 0.25) is 5.43 Å². The first-order valence-electron chi connectivity index (χ1n) is 11.9. The number of H-pyrrole nitrogens is 1. The highest BCUT2D eigenvalue weighted by Gasteiger charge is 2.14. The van der Waals surface area contributed by atoms with Crippen molar-refractivity contribution < 1.29 is 13.9 Å². The fourth-order valence-corrected chi connectivity index (χ4v) is 4.59. The predicted molar refractivity (Wildman–Crippen MR) is 156 cm³/mol. The molecule has 0 bridgehead atoms. The molecular weight excluding hydrogens is 563 g/mol. The molecule has 0 fully saturated rings. The van der Waals surface area contributed by atoms with E-state index in [1.807, 2.05) is 48.5 Å². The van der Waals surface area contributed by atoms with Gasteiger partial charge in [-0.3, -0.25) is 4.79 Å². The summed E-state index contributed by atoms with van der Waals surface area (Å²) in [4.78, 5) is 20.4. The molecule has 0 saturated carbocycles. The Kier molecular flexibility index (Phi) is 7.33. The number of methoxy groups -OCH3 is 2. The molecule has 0 saturated heterocycles. The highest BCUT2D eigenvalue weighted by Crippen LogP contribution is 2.35. The van der Waals surface area contributed by atoms with Crippen LogP contribution >= 0.6 is 15.9 Å². The van der Waals surface area contributed by atoms with E-state index in [9.17, 15) is 9.18 Å². The Morgan fingerprint density at radius 2 is 1.59 bits per heavy atom. The number of rotatable bonds is 7. The third-order valence-corrected chi connectivity index (χ3v) is 6.77. The van der Waals surface area contributed by atoms with E-state index in [-0.39, 0.29) is 16.6 Å². The van der Waals surface area contributed by atoms with Crippen LogP contribution in [0.15, 0.2) is 94.6 Å². The maximum Gasteiger partial charge on any atom is 0.212 e. The van der Waals surface area contributed by atoms with E-state index in [0.717, 1.165) is 22.3 Å². The molecule has 0 atom stereocenters. The van der Waals surface area contributed by atoms with Crippen molar-refractivity contribution in [2.75, 3.05) is 25.3 Å². The Labute approximate surface area is 232 Å². The molecule has 0 spiro atoms. The zero-order valence-corrected chi connectivity index (χ0v) is 22.7. The third-order valence-electron chi connectivity index (χ3n) is 6.28. The molecule has 5 aromatic rings. The predicted octanol–water partition coefficient (Wildman–Crippen LogP) is 7.02. The zero-order valence-electron chi connectivity index (χ0n) is 21.1. The summed E-state index contributed by atoms with van der Waals surface area (Å²) < 4.78 is 25.8. The first-order valence-corrected chi connectivity index (χ1v) is 12.7. The van der Waals surface area contributed by atoms with E-state index in [2.05, 4.69) is 31.2 Å². The van der Waals surface area contributed by atoms with Gasteiger partial charge >= 0.3 is 0 Å². The van der Waals surface area contributed by atoms with Crippen LogP contribution in [-0.2, 0) is 0 Å². The largest absolute Gasteiger partial charge is 0.493 e. The van der Waals surface area contributed by atoms with Crippen molar-refractivity contribution >= 4 is 33.1 Å². The zero-order chi connectivity index (χ0) is 27.5. The fourth-order valence-electron chi connectivity index (χ4n) is 4.25. The van der Waals surface area contributed by atoms with Gasteiger partial charge in [-0.1, -0.05) is 40.2 Å². The van der Waals surface area contributed by atoms with Gasteiger partial charge in [0, 0.05) is 45.4 Å². The number of halogens is 2. The Bertz CT molecular complexity index is 1720. The number of hydrogen-bond donors (Lipinski definition) is 3. The van der Waals surface area contributed by atoms with Crippen molar-refractivity contribution in [1.82, 2.24) is 9.97 Å². The Hall–Kier alpha value is -4.63. The first kappa shape index (κ1) is 26.0. The summed E-state index contributed by atoms with van der Waals surface area (Å²) in [6.07, 6.45) is 4.75. The van der Waals surface area contributed by atoms with Crippen molar-refractivity contribution in [1.29, 1.82) is 0 Å². The van der Waals surface area contributed by atoms with Crippen LogP contribution in [0, 0.1) is 5.82 Å². The number of pyridine rings is 2. The minimum atomic E-state index is -0.488. The highest BCUT2D eigenvalue weighted by atomic mass is 79.9. The number of hydrogen-bond acceptors (Lipinski definition) is 6. The summed E-state index contributed by atoms with van der Waals surface area (Å²) in [7, 11) is 3.18. The van der Waals surface area contributed by atoms with Gasteiger partial charge in [0.05, 0.1) is 19.8 Å². The number of anilines is 3. The number of aromatic amines is 1. The SMILES string of the molecule is COc1ccc(-c2cnc(N)c(-c3ccc(Nc4c[nH]cc(-c5ccc(Br)cc5F)c4=O)cc3)c2)cc1OC. The highest BCUT2D eigenvalue weighted by molar-refractivity contribution is 9.10. The number of nitrogens with one attached hydrogen (secondary N) is 2. The quantitative estimate of drug-likeness (QED) is 0.189. The lowest BCUT2D eigenvalue weighted by atomic mass is 10.0. The van der Waals surface area contributed by atoms with Gasteiger partial charge in [0.1, 0.15) is 17.3 Å². The molecule has 4 N–H and O–H groups in total. The fraction of sp³-hybridized carbons (Fsp3) is 0.0667. The maximum atomic E-state index is 14.5. The molecular formula is C30H24BrFN4O3. The van der Waals surface area contributed by atoms with Gasteiger partial charge in [0.25, 0.3) is 0 Å². The lowest BCUT2D eigenvalue weighted by Gasteiger charge is -2.12. The normalized spacial score (nSPS) is 10.8. The summed E-state index contributed by atoms with van der Waals surface area (Å²) in [5, 5.41) is 3.12. The number of nitrogens with two attached hydrogens (primary N) is 1. The summed E-state index contributed by atoms with van der Waals surface area (Å²) >= 11 is 3.24. The van der Waals surface area contributed by atoms with Crippen molar-refractivity contribution in [3.8, 4) is 44.9 Å². The van der Waals surface area contributed by atoms with Crippen LogP contribution in [0.4, 0.5) is 21.6 Å². The second kappa shape index (κ2) is 11.0. The maximum absolute atomic E-state index is 14.5. The molecule has 39 heavy (non-hydrogen) atoms. The minimum absolute atomic E-state index is 0.218. The lowest BCUT2D eigenvalue weighted by Crippen LogP contribution is -2.11. The minimum Gasteiger partial charge on any atom is -0.493 e. The smallest absolute Gasteiger partial charge is 0.212 e. The second-order valence-electron chi connectivity index (χ2n) is 8.66. The number of aromatic nitrogens is 2. The monoisotopic (exact) mass is 586 g/mol. The van der Waals surface area contributed by atoms with Crippen molar-refractivity contribution in [2.24, 2.45) is 0 Å². The van der Waals surface area contributed by atoms with Gasteiger partial charge in [0.15, 0.2) is 11.5 Å². The van der Waals surface area contributed by atoms with E-state index in [4.69, 9.17) is 15.2 Å². The van der Waals surface area contributed by atoms with Gasteiger partial charge in [-0.15, -0.1) is 0 Å². The summed E-state index contributed by atoms with van der Waals surface area (Å²) in [6, 6.07) is 19.7. The molecule has 196 valence electrons. The molecule has 0 radical (unpaired) electrons. The van der Waals surface area contributed by atoms with Crippen LogP contribution < -0.4 is 26.0 Å². The van der Waals surface area contributed by atoms with E-state index < -0.39 is 5.82 Å². The molecule has 9 heteroatoms. The van der Waals surface area contributed by atoms with Crippen LogP contribution in [-0.4, -0.2) is 24.2 Å². The van der Waals surface area contributed by atoms with Gasteiger partial charge < -0.3 is 25.5 Å². The number of benzene rings is 3. The molecule has 0 amide bonds. The number of nitrogen functional groups attached to an aromatic ring is 1. The second-order valence-corrected chi connectivity index (χ2v) is 9.58. The Balaban J connectivity index is 1.42. The van der Waals surface area contributed by atoms with Crippen LogP contribution in [0.5, 0.6) is 11.5 Å². The van der Waals surface area contributed by atoms with E-state index in [0.29, 0.717) is 33.2 Å². The van der Waals surface area contributed by atoms with E-state index in [1.165, 1.54) is 12.3 Å². The number of nitrogens with zero attached hydrogens (tertiary/aromatic N) is 1. The average molecular weight is 587 g/mol. The van der Waals surface area contributed by atoms with Crippen LogP contribution in [0.3, 0.4) is 0 Å².